The standard InChI is InChI=1S/C27H16ClF3N6O2/c28-20-8-6-17(7-9-20)21-14-33-37-25(24(21)19-4-2-18(3-5-19)22-11-12-34-39-22)35-36(26(37)38)15-16-1-10-23(32-13-16)27(29,30)31/h1-14H,15H2. The minimum absolute atomic E-state index is 0.0898. The Hall–Kier alpha value is -4.77. The summed E-state index contributed by atoms with van der Waals surface area (Å²) in [5.41, 5.74) is 2.81. The third kappa shape index (κ3) is 4.68. The molecule has 8 nitrogen and oxygen atoms in total. The van der Waals surface area contributed by atoms with Gasteiger partial charge in [0.25, 0.3) is 0 Å². The van der Waals surface area contributed by atoms with Gasteiger partial charge in [-0.3, -0.25) is 4.98 Å². The summed E-state index contributed by atoms with van der Waals surface area (Å²) in [7, 11) is 0. The van der Waals surface area contributed by atoms with E-state index >= 15 is 0 Å². The molecule has 0 radical (unpaired) electrons. The molecule has 0 saturated heterocycles. The molecule has 4 heterocycles. The smallest absolute Gasteiger partial charge is 0.356 e. The minimum Gasteiger partial charge on any atom is -0.356 e. The van der Waals surface area contributed by atoms with Crippen molar-refractivity contribution in [1.82, 2.24) is 29.5 Å². The van der Waals surface area contributed by atoms with Gasteiger partial charge in [-0.15, -0.1) is 5.10 Å². The van der Waals surface area contributed by atoms with Gasteiger partial charge < -0.3 is 4.52 Å². The molecule has 0 fully saturated rings. The maximum atomic E-state index is 13.2. The van der Waals surface area contributed by atoms with E-state index in [4.69, 9.17) is 16.1 Å². The van der Waals surface area contributed by atoms with Crippen molar-refractivity contribution in [3.8, 4) is 33.6 Å². The van der Waals surface area contributed by atoms with E-state index < -0.39 is 17.6 Å². The number of nitrogens with zero attached hydrogens (tertiary/aromatic N) is 6. The first kappa shape index (κ1) is 24.6. The summed E-state index contributed by atoms with van der Waals surface area (Å²) in [6.07, 6.45) is -0.351. The molecule has 0 aliphatic rings. The van der Waals surface area contributed by atoms with Crippen LogP contribution in [0.3, 0.4) is 0 Å². The SMILES string of the molecule is O=c1n(Cc2ccc(C(F)(F)F)nc2)nc2c(-c3ccc(-c4ccno4)cc3)c(-c3ccc(Cl)cc3)cnn12. The molecule has 12 heteroatoms. The molecular formula is C27H16ClF3N6O2. The van der Waals surface area contributed by atoms with E-state index in [1.54, 1.807) is 30.6 Å². The fourth-order valence-corrected chi connectivity index (χ4v) is 4.35. The third-order valence-corrected chi connectivity index (χ3v) is 6.36. The lowest BCUT2D eigenvalue weighted by Gasteiger charge is -2.11. The summed E-state index contributed by atoms with van der Waals surface area (Å²) in [4.78, 5) is 16.7. The lowest BCUT2D eigenvalue weighted by atomic mass is 9.96. The van der Waals surface area contributed by atoms with Crippen molar-refractivity contribution < 1.29 is 17.7 Å². The van der Waals surface area contributed by atoms with Crippen LogP contribution in [-0.2, 0) is 12.7 Å². The van der Waals surface area contributed by atoms with Crippen LogP contribution in [0.4, 0.5) is 13.2 Å². The van der Waals surface area contributed by atoms with Crippen LogP contribution in [0.15, 0.2) is 94.6 Å². The average Bonchev–Trinajstić information content (AvgIpc) is 3.58. The number of hydrogen-bond acceptors (Lipinski definition) is 6. The lowest BCUT2D eigenvalue weighted by Crippen LogP contribution is -2.23. The van der Waals surface area contributed by atoms with Crippen LogP contribution in [0, 0.1) is 0 Å². The van der Waals surface area contributed by atoms with Crippen molar-refractivity contribution in [2.45, 2.75) is 12.7 Å². The van der Waals surface area contributed by atoms with E-state index in [1.165, 1.54) is 6.07 Å². The van der Waals surface area contributed by atoms with Crippen LogP contribution in [0.5, 0.6) is 0 Å². The highest BCUT2D eigenvalue weighted by Gasteiger charge is 2.32. The quantitative estimate of drug-likeness (QED) is 0.263. The Bertz CT molecular complexity index is 1830. The van der Waals surface area contributed by atoms with Gasteiger partial charge in [-0.1, -0.05) is 59.2 Å². The topological polar surface area (TPSA) is 91.1 Å². The zero-order valence-electron chi connectivity index (χ0n) is 19.8. The van der Waals surface area contributed by atoms with E-state index in [0.717, 1.165) is 38.2 Å². The maximum Gasteiger partial charge on any atom is 0.433 e. The van der Waals surface area contributed by atoms with Crippen LogP contribution in [0.1, 0.15) is 11.3 Å². The van der Waals surface area contributed by atoms with Gasteiger partial charge in [0.1, 0.15) is 5.69 Å². The van der Waals surface area contributed by atoms with E-state index in [9.17, 15) is 18.0 Å². The fourth-order valence-electron chi connectivity index (χ4n) is 4.22. The first-order valence-electron chi connectivity index (χ1n) is 11.6. The number of pyridine rings is 1. The molecule has 6 rings (SSSR count). The van der Waals surface area contributed by atoms with Gasteiger partial charge in [0.2, 0.25) is 0 Å². The predicted molar refractivity (Wildman–Crippen MR) is 137 cm³/mol. The molecule has 0 spiro atoms. The van der Waals surface area contributed by atoms with Gasteiger partial charge in [-0.25, -0.2) is 9.48 Å². The van der Waals surface area contributed by atoms with Crippen molar-refractivity contribution in [1.29, 1.82) is 0 Å². The highest BCUT2D eigenvalue weighted by atomic mass is 35.5. The number of aromatic nitrogens is 6. The van der Waals surface area contributed by atoms with Crippen molar-refractivity contribution >= 4 is 17.2 Å². The molecule has 194 valence electrons. The Balaban J connectivity index is 1.48. The molecule has 0 atom stereocenters. The zero-order valence-corrected chi connectivity index (χ0v) is 20.6. The summed E-state index contributed by atoms with van der Waals surface area (Å²) in [6.45, 7) is -0.0898. The molecule has 0 amide bonds. The molecule has 6 aromatic rings. The van der Waals surface area contributed by atoms with Crippen molar-refractivity contribution in [2.75, 3.05) is 0 Å². The Morgan fingerprint density at radius 3 is 2.23 bits per heavy atom. The number of fused-ring (bicyclic) bond motifs is 1. The first-order chi connectivity index (χ1) is 18.8. The van der Waals surface area contributed by atoms with E-state index in [1.807, 2.05) is 36.4 Å². The van der Waals surface area contributed by atoms with Crippen LogP contribution < -0.4 is 5.69 Å². The highest BCUT2D eigenvalue weighted by molar-refractivity contribution is 6.30. The molecule has 0 aliphatic heterocycles. The summed E-state index contributed by atoms with van der Waals surface area (Å²) < 4.78 is 46.3. The molecule has 0 saturated carbocycles. The molecule has 4 aromatic heterocycles. The number of alkyl halides is 3. The zero-order chi connectivity index (χ0) is 27.1. The summed E-state index contributed by atoms with van der Waals surface area (Å²) in [5, 5.41) is 13.2. The monoisotopic (exact) mass is 548 g/mol. The Morgan fingerprint density at radius 2 is 1.59 bits per heavy atom. The van der Waals surface area contributed by atoms with Gasteiger partial charge in [0.05, 0.1) is 18.9 Å². The van der Waals surface area contributed by atoms with E-state index in [2.05, 4.69) is 20.3 Å². The number of halogens is 4. The second-order valence-electron chi connectivity index (χ2n) is 8.62. The van der Waals surface area contributed by atoms with E-state index in [-0.39, 0.29) is 12.2 Å². The summed E-state index contributed by atoms with van der Waals surface area (Å²) >= 11 is 6.09. The summed E-state index contributed by atoms with van der Waals surface area (Å²) in [6, 6.07) is 18.5. The van der Waals surface area contributed by atoms with Gasteiger partial charge in [0, 0.05) is 34.0 Å². The molecule has 0 N–H and O–H groups in total. The minimum atomic E-state index is -4.56. The van der Waals surface area contributed by atoms with Crippen LogP contribution >= 0.6 is 11.6 Å². The van der Waals surface area contributed by atoms with Crippen LogP contribution in [-0.4, -0.2) is 29.5 Å². The second kappa shape index (κ2) is 9.52. The highest BCUT2D eigenvalue weighted by Crippen LogP contribution is 2.35. The molecule has 0 bridgehead atoms. The van der Waals surface area contributed by atoms with Crippen molar-refractivity contribution in [3.05, 3.63) is 112 Å². The van der Waals surface area contributed by atoms with Crippen molar-refractivity contribution in [3.63, 3.8) is 0 Å². The average molecular weight is 549 g/mol. The number of rotatable bonds is 5. The second-order valence-corrected chi connectivity index (χ2v) is 9.06. The molecule has 0 aliphatic carbocycles. The largest absolute Gasteiger partial charge is 0.433 e. The number of hydrogen-bond donors (Lipinski definition) is 0. The molecule has 39 heavy (non-hydrogen) atoms. The van der Waals surface area contributed by atoms with Gasteiger partial charge >= 0.3 is 11.9 Å². The van der Waals surface area contributed by atoms with E-state index in [0.29, 0.717) is 27.5 Å². The Morgan fingerprint density at radius 1 is 0.872 bits per heavy atom. The van der Waals surface area contributed by atoms with Gasteiger partial charge in [-0.05, 0) is 34.9 Å². The Labute approximate surface area is 222 Å². The molecule has 0 unspecified atom stereocenters. The van der Waals surface area contributed by atoms with Crippen LogP contribution in [0.25, 0.3) is 39.2 Å². The van der Waals surface area contributed by atoms with Gasteiger partial charge in [0.15, 0.2) is 11.4 Å². The number of benzene rings is 2. The molecular weight excluding hydrogens is 533 g/mol. The fraction of sp³-hybridized carbons (Fsp3) is 0.0741. The third-order valence-electron chi connectivity index (χ3n) is 6.11. The van der Waals surface area contributed by atoms with Crippen LogP contribution in [0.2, 0.25) is 5.02 Å². The molecule has 2 aromatic carbocycles. The lowest BCUT2D eigenvalue weighted by molar-refractivity contribution is -0.141. The van der Waals surface area contributed by atoms with Crippen molar-refractivity contribution in [2.24, 2.45) is 0 Å². The Kier molecular flexibility index (Phi) is 5.99. The normalized spacial score (nSPS) is 11.8. The van der Waals surface area contributed by atoms with Gasteiger partial charge in [-0.2, -0.15) is 22.8 Å². The predicted octanol–water partition coefficient (Wildman–Crippen LogP) is 6.00. The maximum absolute atomic E-state index is 13.2. The first-order valence-corrected chi connectivity index (χ1v) is 11.9. The summed E-state index contributed by atoms with van der Waals surface area (Å²) in [5.74, 6) is 0.602.